The number of carbonyl (C=O) groups excluding carboxylic acids is 2. The summed E-state index contributed by atoms with van der Waals surface area (Å²) in [6.07, 6.45) is 12.2. The van der Waals surface area contributed by atoms with E-state index in [-0.39, 0.29) is 6.42 Å². The number of hydrogen-bond acceptors (Lipinski definition) is 4. The van der Waals surface area contributed by atoms with Crippen molar-refractivity contribution in [1.82, 2.24) is 0 Å². The van der Waals surface area contributed by atoms with Crippen molar-refractivity contribution in [3.05, 3.63) is 12.2 Å². The summed E-state index contributed by atoms with van der Waals surface area (Å²) >= 11 is -2.31. The van der Waals surface area contributed by atoms with E-state index in [1.807, 2.05) is 6.08 Å². The fraction of sp³-hybridized carbons (Fsp3) is 0.778. The van der Waals surface area contributed by atoms with Crippen LogP contribution in [0.1, 0.15) is 65.7 Å². The number of rotatable bonds is 16. The third-order valence-electron chi connectivity index (χ3n) is 6.31. The van der Waals surface area contributed by atoms with Crippen LogP contribution in [0.5, 0.6) is 0 Å². The number of esters is 2. The first kappa shape index (κ1) is 32.3. The minimum absolute atomic E-state index is 0.211. The second kappa shape index (κ2) is 16.8. The van der Waals surface area contributed by atoms with Gasteiger partial charge in [0.25, 0.3) is 0 Å². The van der Waals surface area contributed by atoms with Gasteiger partial charge in [-0.1, -0.05) is 0 Å². The van der Waals surface area contributed by atoms with Crippen molar-refractivity contribution in [1.29, 1.82) is 0 Å². The molecule has 0 heterocycles. The molecule has 0 aromatic rings. The molecule has 4 nitrogen and oxygen atoms in total. The van der Waals surface area contributed by atoms with Crippen LogP contribution in [0.4, 0.5) is 0 Å². The van der Waals surface area contributed by atoms with Gasteiger partial charge in [-0.3, -0.25) is 0 Å². The standard InChI is InChI=1S/C15H23O4Si.3C4H9.Sn/c1-7-8-10-15(13(16)18-2,14(17)19-3)11-9-12-20(4,5)6;3*1-3-4-2;/h7-8H,1,10,12H2,2-6H3;3*1,3-4H2,2H3;/b8-7-;;;;. The summed E-state index contributed by atoms with van der Waals surface area (Å²) in [5.41, 5.74) is -1.58. The molecule has 6 heteroatoms. The maximum atomic E-state index is 12.8. The van der Waals surface area contributed by atoms with E-state index in [9.17, 15) is 9.59 Å². The van der Waals surface area contributed by atoms with E-state index in [0.717, 1.165) is 6.04 Å². The summed E-state index contributed by atoms with van der Waals surface area (Å²) in [5, 5.41) is 0. The molecule has 0 aromatic carbocycles. The molecule has 190 valence electrons. The summed E-state index contributed by atoms with van der Waals surface area (Å²) in [6.45, 7) is 13.5. The summed E-state index contributed by atoms with van der Waals surface area (Å²) in [7, 11) is 1.19. The van der Waals surface area contributed by atoms with E-state index in [2.05, 4.69) is 58.3 Å². The van der Waals surface area contributed by atoms with Crippen LogP contribution in [0.25, 0.3) is 0 Å². The van der Waals surface area contributed by atoms with Crippen LogP contribution in [0.2, 0.25) is 43.4 Å². The Kier molecular flexibility index (Phi) is 16.4. The molecule has 0 fully saturated rings. The predicted octanol–water partition coefficient (Wildman–Crippen LogP) is 7.46. The molecule has 0 aromatic heterocycles. The van der Waals surface area contributed by atoms with Gasteiger partial charge in [-0.05, 0) is 0 Å². The van der Waals surface area contributed by atoms with Gasteiger partial charge in [-0.25, -0.2) is 0 Å². The molecule has 0 aliphatic carbocycles. The van der Waals surface area contributed by atoms with E-state index < -0.39 is 43.8 Å². The van der Waals surface area contributed by atoms with Gasteiger partial charge in [-0.15, -0.1) is 0 Å². The maximum absolute atomic E-state index is 12.8. The van der Waals surface area contributed by atoms with Crippen LogP contribution in [0.3, 0.4) is 0 Å². The molecule has 0 atom stereocenters. The average Bonchev–Trinajstić information content (AvgIpc) is 2.79. The Morgan fingerprint density at radius 1 is 0.848 bits per heavy atom. The topological polar surface area (TPSA) is 52.6 Å². The molecule has 0 bridgehead atoms. The quantitative estimate of drug-likeness (QED) is 0.0621. The van der Waals surface area contributed by atoms with Crippen molar-refractivity contribution in [2.45, 2.75) is 109 Å². The Morgan fingerprint density at radius 3 is 1.67 bits per heavy atom. The number of hydrogen-bond donors (Lipinski definition) is 0. The first-order valence-electron chi connectivity index (χ1n) is 12.9. The third-order valence-corrected chi connectivity index (χ3v) is 22.8. The van der Waals surface area contributed by atoms with Gasteiger partial charge < -0.3 is 0 Å². The molecular weight excluding hydrogens is 535 g/mol. The normalized spacial score (nSPS) is 12.4. The van der Waals surface area contributed by atoms with Crippen molar-refractivity contribution in [2.24, 2.45) is 5.41 Å². The summed E-state index contributed by atoms with van der Waals surface area (Å²) in [4.78, 5) is 25.5. The van der Waals surface area contributed by atoms with Crippen LogP contribution in [0.15, 0.2) is 12.2 Å². The van der Waals surface area contributed by atoms with Crippen molar-refractivity contribution >= 4 is 38.4 Å². The Balaban J connectivity index is 5.87. The molecule has 0 aliphatic rings. The number of methoxy groups -OCH3 is 2. The average molecular weight is 585 g/mol. The van der Waals surface area contributed by atoms with Gasteiger partial charge in [0.2, 0.25) is 0 Å². The summed E-state index contributed by atoms with van der Waals surface area (Å²) < 4.78 is 15.5. The summed E-state index contributed by atoms with van der Waals surface area (Å²) in [5.74, 6) is 4.87. The zero-order valence-electron chi connectivity index (χ0n) is 22.8. The Bertz CT molecular complexity index is 632. The van der Waals surface area contributed by atoms with Gasteiger partial charge in [-0.2, -0.15) is 0 Å². The van der Waals surface area contributed by atoms with E-state index in [0.29, 0.717) is 0 Å². The minimum atomic E-state index is -2.31. The van der Waals surface area contributed by atoms with Crippen LogP contribution < -0.4 is 0 Å². The molecule has 0 spiro atoms. The number of ether oxygens (including phenoxy) is 2. The first-order chi connectivity index (χ1) is 15.6. The molecule has 0 aliphatic heterocycles. The molecule has 33 heavy (non-hydrogen) atoms. The fourth-order valence-corrected chi connectivity index (χ4v) is 20.0. The fourth-order valence-electron chi connectivity index (χ4n) is 4.14. The monoisotopic (exact) mass is 586 g/mol. The predicted molar refractivity (Wildman–Crippen MR) is 146 cm³/mol. The SMILES string of the molecule is CCC[CH2][Sn]([CH2]/C=C\CC(C#CC[Si](C)(C)C)(C(=O)OC)C(=O)OC)([CH2]CCC)[CH2]CCC. The van der Waals surface area contributed by atoms with E-state index >= 15 is 0 Å². The number of allylic oxidation sites excluding steroid dienone is 2. The van der Waals surface area contributed by atoms with E-state index in [1.54, 1.807) is 0 Å². The van der Waals surface area contributed by atoms with Gasteiger partial charge in [0.15, 0.2) is 0 Å². The van der Waals surface area contributed by atoms with Gasteiger partial charge in [0, 0.05) is 0 Å². The second-order valence-corrected chi connectivity index (χ2v) is 30.1. The molecule has 0 rings (SSSR count). The molecule has 0 saturated heterocycles. The Hall–Kier alpha value is -0.744. The van der Waals surface area contributed by atoms with E-state index in [4.69, 9.17) is 9.47 Å². The second-order valence-electron chi connectivity index (χ2n) is 10.6. The van der Waals surface area contributed by atoms with E-state index in [1.165, 1.54) is 70.5 Å². The van der Waals surface area contributed by atoms with Crippen LogP contribution in [-0.2, 0) is 19.1 Å². The third kappa shape index (κ3) is 12.0. The molecule has 0 saturated carbocycles. The number of unbranched alkanes of at least 4 members (excludes halogenated alkanes) is 3. The first-order valence-corrected chi connectivity index (χ1v) is 24.7. The summed E-state index contributed by atoms with van der Waals surface area (Å²) in [6, 6.07) is 0.719. The van der Waals surface area contributed by atoms with Crippen molar-refractivity contribution in [3.8, 4) is 11.8 Å². The zero-order chi connectivity index (χ0) is 25.4. The van der Waals surface area contributed by atoms with Crippen LogP contribution >= 0.6 is 0 Å². The molecule has 0 unspecified atom stereocenters. The Labute approximate surface area is 209 Å². The Morgan fingerprint density at radius 2 is 1.30 bits per heavy atom. The van der Waals surface area contributed by atoms with Crippen molar-refractivity contribution < 1.29 is 19.1 Å². The molecule has 0 radical (unpaired) electrons. The number of carbonyl (C=O) groups is 2. The van der Waals surface area contributed by atoms with Crippen LogP contribution in [-0.4, -0.2) is 52.6 Å². The van der Waals surface area contributed by atoms with Crippen LogP contribution in [0, 0.1) is 17.3 Å². The molecule has 0 N–H and O–H groups in total. The zero-order valence-corrected chi connectivity index (χ0v) is 26.6. The van der Waals surface area contributed by atoms with Gasteiger partial charge >= 0.3 is 210 Å². The van der Waals surface area contributed by atoms with Gasteiger partial charge in [0.1, 0.15) is 0 Å². The molecular formula is C27H50O4SiSn. The van der Waals surface area contributed by atoms with Crippen molar-refractivity contribution in [2.75, 3.05) is 14.2 Å². The van der Waals surface area contributed by atoms with Gasteiger partial charge in [0.05, 0.1) is 0 Å². The van der Waals surface area contributed by atoms with Crippen molar-refractivity contribution in [3.63, 3.8) is 0 Å². The molecule has 0 amide bonds.